The van der Waals surface area contributed by atoms with Gasteiger partial charge in [-0.15, -0.1) is 0 Å². The Kier molecular flexibility index (Phi) is 7.26. The van der Waals surface area contributed by atoms with Crippen LogP contribution >= 0.6 is 23.4 Å². The van der Waals surface area contributed by atoms with Gasteiger partial charge in [0.1, 0.15) is 16.4 Å². The highest BCUT2D eigenvalue weighted by molar-refractivity contribution is 8.04. The van der Waals surface area contributed by atoms with Gasteiger partial charge in [-0.1, -0.05) is 53.7 Å². The first-order valence-corrected chi connectivity index (χ1v) is 12.6. The number of hydrogen-bond donors (Lipinski definition) is 2. The van der Waals surface area contributed by atoms with Crippen LogP contribution in [0.5, 0.6) is 0 Å². The molecule has 3 amide bonds. The maximum absolute atomic E-state index is 13.5. The summed E-state index contributed by atoms with van der Waals surface area (Å²) in [5.41, 5.74) is 1.91. The molecule has 9 heteroatoms. The van der Waals surface area contributed by atoms with Crippen molar-refractivity contribution in [2.75, 3.05) is 15.5 Å². The molecule has 0 radical (unpaired) electrons. The van der Waals surface area contributed by atoms with Crippen molar-refractivity contribution in [2.24, 2.45) is 0 Å². The van der Waals surface area contributed by atoms with Gasteiger partial charge in [0.15, 0.2) is 0 Å². The first-order chi connectivity index (χ1) is 18.4. The van der Waals surface area contributed by atoms with Crippen molar-refractivity contribution in [2.45, 2.75) is 4.90 Å². The molecule has 0 saturated carbocycles. The maximum atomic E-state index is 13.5. The van der Waals surface area contributed by atoms with Crippen molar-refractivity contribution in [1.82, 2.24) is 0 Å². The van der Waals surface area contributed by atoms with Crippen molar-refractivity contribution < 1.29 is 18.8 Å². The average Bonchev–Trinajstić information content (AvgIpc) is 3.15. The molecule has 0 aliphatic carbocycles. The predicted octanol–water partition coefficient (Wildman–Crippen LogP) is 6.72. The summed E-state index contributed by atoms with van der Waals surface area (Å²) in [6.07, 6.45) is 0. The van der Waals surface area contributed by atoms with E-state index in [1.807, 2.05) is 18.2 Å². The van der Waals surface area contributed by atoms with E-state index in [-0.39, 0.29) is 22.2 Å². The van der Waals surface area contributed by atoms with Crippen molar-refractivity contribution in [3.05, 3.63) is 130 Å². The van der Waals surface area contributed by atoms with Gasteiger partial charge in [0.05, 0.1) is 16.3 Å². The van der Waals surface area contributed by atoms with Crippen LogP contribution in [0.1, 0.15) is 10.4 Å². The third kappa shape index (κ3) is 5.32. The number of anilines is 3. The van der Waals surface area contributed by atoms with E-state index in [1.54, 1.807) is 60.7 Å². The smallest absolute Gasteiger partial charge is 0.283 e. The van der Waals surface area contributed by atoms with E-state index in [0.29, 0.717) is 26.9 Å². The van der Waals surface area contributed by atoms with Crippen molar-refractivity contribution in [3.63, 3.8) is 0 Å². The van der Waals surface area contributed by atoms with Crippen molar-refractivity contribution >= 4 is 58.1 Å². The molecule has 1 aliphatic rings. The Morgan fingerprint density at radius 3 is 2.11 bits per heavy atom. The van der Waals surface area contributed by atoms with Gasteiger partial charge in [0.2, 0.25) is 0 Å². The van der Waals surface area contributed by atoms with Crippen LogP contribution in [0.15, 0.2) is 119 Å². The lowest BCUT2D eigenvalue weighted by molar-refractivity contribution is -0.120. The standard InChI is InChI=1S/C29H19ClFN3O3S/c30-24-9-5-4-8-23(24)27(35)33-20-12-16-22(17-13-20)38-26-25(32-19-6-2-1-3-7-19)28(36)34(29(26)37)21-14-10-18(31)11-15-21/h1-17,32H,(H,33,35). The van der Waals surface area contributed by atoms with E-state index in [0.717, 1.165) is 16.7 Å². The molecule has 0 bridgehead atoms. The number of amides is 3. The zero-order valence-corrected chi connectivity index (χ0v) is 21.2. The minimum atomic E-state index is -0.545. The van der Waals surface area contributed by atoms with Crippen LogP contribution < -0.4 is 15.5 Å². The van der Waals surface area contributed by atoms with Gasteiger partial charge in [-0.05, 0) is 72.8 Å². The molecule has 0 atom stereocenters. The normalized spacial score (nSPS) is 13.2. The van der Waals surface area contributed by atoms with Crippen LogP contribution in [0.4, 0.5) is 21.5 Å². The second kappa shape index (κ2) is 10.9. The Morgan fingerprint density at radius 1 is 0.763 bits per heavy atom. The lowest BCUT2D eigenvalue weighted by Crippen LogP contribution is -2.32. The SMILES string of the molecule is O=C(Nc1ccc(SC2=C(Nc3ccccc3)C(=O)N(c3ccc(F)cc3)C2=O)cc1)c1ccccc1Cl. The van der Waals surface area contributed by atoms with Gasteiger partial charge in [-0.2, -0.15) is 0 Å². The maximum Gasteiger partial charge on any atom is 0.283 e. The lowest BCUT2D eigenvalue weighted by atomic mass is 10.2. The predicted molar refractivity (Wildman–Crippen MR) is 148 cm³/mol. The first-order valence-electron chi connectivity index (χ1n) is 11.5. The summed E-state index contributed by atoms with van der Waals surface area (Å²) in [6.45, 7) is 0. The third-order valence-corrected chi connectivity index (χ3v) is 7.04. The fourth-order valence-corrected chi connectivity index (χ4v) is 4.92. The molecular formula is C29H19ClFN3O3S. The molecular weight excluding hydrogens is 525 g/mol. The second-order valence-electron chi connectivity index (χ2n) is 8.18. The summed E-state index contributed by atoms with van der Waals surface area (Å²) in [7, 11) is 0. The van der Waals surface area contributed by atoms with Crippen LogP contribution in [0, 0.1) is 5.82 Å². The Bertz CT molecular complexity index is 1560. The number of halogens is 2. The molecule has 6 nitrogen and oxygen atoms in total. The van der Waals surface area contributed by atoms with Crippen LogP contribution in [0.3, 0.4) is 0 Å². The quantitative estimate of drug-likeness (QED) is 0.253. The highest BCUT2D eigenvalue weighted by atomic mass is 35.5. The molecule has 4 aromatic carbocycles. The van der Waals surface area contributed by atoms with Crippen LogP contribution in [0.2, 0.25) is 5.02 Å². The molecule has 0 unspecified atom stereocenters. The molecule has 2 N–H and O–H groups in total. The molecule has 0 aromatic heterocycles. The van der Waals surface area contributed by atoms with Crippen LogP contribution in [-0.4, -0.2) is 17.7 Å². The van der Waals surface area contributed by atoms with Gasteiger partial charge < -0.3 is 10.6 Å². The van der Waals surface area contributed by atoms with Gasteiger partial charge in [-0.25, -0.2) is 9.29 Å². The molecule has 0 fully saturated rings. The number of carbonyl (C=O) groups excluding carboxylic acids is 3. The van der Waals surface area contributed by atoms with E-state index in [2.05, 4.69) is 10.6 Å². The van der Waals surface area contributed by atoms with E-state index >= 15 is 0 Å². The minimum Gasteiger partial charge on any atom is -0.350 e. The zero-order valence-electron chi connectivity index (χ0n) is 19.7. The molecule has 4 aromatic rings. The number of thioether (sulfide) groups is 1. The number of nitrogens with one attached hydrogen (secondary N) is 2. The number of imide groups is 1. The third-order valence-electron chi connectivity index (χ3n) is 5.62. The van der Waals surface area contributed by atoms with Crippen LogP contribution in [-0.2, 0) is 9.59 Å². The molecule has 38 heavy (non-hydrogen) atoms. The molecule has 0 spiro atoms. The van der Waals surface area contributed by atoms with E-state index in [4.69, 9.17) is 11.6 Å². The summed E-state index contributed by atoms with van der Waals surface area (Å²) < 4.78 is 13.5. The number of carbonyl (C=O) groups is 3. The number of rotatable bonds is 7. The van der Waals surface area contributed by atoms with Crippen molar-refractivity contribution in [1.29, 1.82) is 0 Å². The first kappa shape index (κ1) is 25.3. The molecule has 1 aliphatic heterocycles. The highest BCUT2D eigenvalue weighted by Crippen LogP contribution is 2.38. The summed E-state index contributed by atoms with van der Waals surface area (Å²) in [4.78, 5) is 41.2. The Labute approximate surface area is 227 Å². The lowest BCUT2D eigenvalue weighted by Gasteiger charge is -2.15. The monoisotopic (exact) mass is 543 g/mol. The molecule has 5 rings (SSSR count). The topological polar surface area (TPSA) is 78.5 Å². The Balaban J connectivity index is 1.40. The van der Waals surface area contributed by atoms with Crippen LogP contribution in [0.25, 0.3) is 0 Å². The summed E-state index contributed by atoms with van der Waals surface area (Å²) in [5.74, 6) is -1.89. The number of nitrogens with zero attached hydrogens (tertiary/aromatic N) is 1. The van der Waals surface area contributed by atoms with Gasteiger partial charge in [-0.3, -0.25) is 14.4 Å². The van der Waals surface area contributed by atoms with Gasteiger partial charge >= 0.3 is 0 Å². The Hall–Kier alpha value is -4.40. The van der Waals surface area contributed by atoms with E-state index < -0.39 is 17.6 Å². The largest absolute Gasteiger partial charge is 0.350 e. The van der Waals surface area contributed by atoms with E-state index in [1.165, 1.54) is 24.3 Å². The summed E-state index contributed by atoms with van der Waals surface area (Å²) in [5, 5.41) is 6.21. The fraction of sp³-hybridized carbons (Fsp3) is 0. The average molecular weight is 544 g/mol. The van der Waals surface area contributed by atoms with Gasteiger partial charge in [0.25, 0.3) is 17.7 Å². The van der Waals surface area contributed by atoms with Crippen molar-refractivity contribution in [3.8, 4) is 0 Å². The molecule has 0 saturated heterocycles. The minimum absolute atomic E-state index is 0.117. The zero-order chi connectivity index (χ0) is 26.6. The number of hydrogen-bond acceptors (Lipinski definition) is 5. The molecule has 1 heterocycles. The van der Waals surface area contributed by atoms with Gasteiger partial charge in [0, 0.05) is 16.3 Å². The summed E-state index contributed by atoms with van der Waals surface area (Å²) >= 11 is 7.23. The van der Waals surface area contributed by atoms with E-state index in [9.17, 15) is 18.8 Å². The molecule has 188 valence electrons. The highest BCUT2D eigenvalue weighted by Gasteiger charge is 2.40. The summed E-state index contributed by atoms with van der Waals surface area (Å²) in [6, 6.07) is 27.8. The number of benzene rings is 4. The Morgan fingerprint density at radius 2 is 1.42 bits per heavy atom. The second-order valence-corrected chi connectivity index (χ2v) is 9.67. The fourth-order valence-electron chi connectivity index (χ4n) is 3.77. The number of para-hydroxylation sites is 1.